The first-order valence-electron chi connectivity index (χ1n) is 9.26. The highest BCUT2D eigenvalue weighted by Crippen LogP contribution is 2.61. The number of nitrogens with zero attached hydrogens (tertiary/aromatic N) is 1. The Labute approximate surface area is 165 Å². The summed E-state index contributed by atoms with van der Waals surface area (Å²) in [6.07, 6.45) is 3.64. The largest absolute Gasteiger partial charge is 0.426 e. The summed E-state index contributed by atoms with van der Waals surface area (Å²) in [5, 5.41) is 3.74. The monoisotopic (exact) mass is 390 g/mol. The minimum atomic E-state index is -3.41. The van der Waals surface area contributed by atoms with Crippen molar-refractivity contribution in [1.82, 2.24) is 4.98 Å². The van der Waals surface area contributed by atoms with E-state index >= 15 is 0 Å². The summed E-state index contributed by atoms with van der Waals surface area (Å²) in [7, 11) is -3.41. The molecule has 1 N–H and O–H groups in total. The van der Waals surface area contributed by atoms with Crippen molar-refractivity contribution in [3.8, 4) is 5.75 Å². The van der Waals surface area contributed by atoms with Gasteiger partial charge in [0.25, 0.3) is 0 Å². The first kappa shape index (κ1) is 18.5. The van der Waals surface area contributed by atoms with Crippen molar-refractivity contribution in [2.24, 2.45) is 0 Å². The molecule has 0 bridgehead atoms. The van der Waals surface area contributed by atoms with Gasteiger partial charge in [-0.3, -0.25) is 4.98 Å². The maximum atomic E-state index is 13.9. The Morgan fingerprint density at radius 1 is 0.964 bits per heavy atom. The van der Waals surface area contributed by atoms with Crippen LogP contribution in [0.3, 0.4) is 0 Å². The second-order valence-corrected chi connectivity index (χ2v) is 9.86. The Balaban J connectivity index is 1.85. The number of fused-ring (bicyclic) bond motifs is 1. The number of nitrogens with one attached hydrogen (secondary N) is 1. The van der Waals surface area contributed by atoms with Crippen LogP contribution in [0.15, 0.2) is 72.9 Å². The van der Waals surface area contributed by atoms with Crippen LogP contribution in [0.2, 0.25) is 0 Å². The van der Waals surface area contributed by atoms with E-state index in [2.05, 4.69) is 43.0 Å². The third-order valence-electron chi connectivity index (χ3n) is 4.70. The lowest BCUT2D eigenvalue weighted by Crippen LogP contribution is -2.14. The van der Waals surface area contributed by atoms with Crippen LogP contribution in [0.1, 0.15) is 37.6 Å². The molecule has 0 aliphatic carbocycles. The van der Waals surface area contributed by atoms with Crippen LogP contribution in [-0.4, -0.2) is 4.98 Å². The summed E-state index contributed by atoms with van der Waals surface area (Å²) in [5.41, 5.74) is 3.66. The fourth-order valence-corrected chi connectivity index (χ4v) is 5.09. The van der Waals surface area contributed by atoms with Crippen LogP contribution in [0.5, 0.6) is 5.75 Å². The van der Waals surface area contributed by atoms with Gasteiger partial charge in [0.2, 0.25) is 0 Å². The zero-order valence-electron chi connectivity index (χ0n) is 16.2. The van der Waals surface area contributed by atoms with Gasteiger partial charge in [-0.2, -0.15) is 0 Å². The predicted molar refractivity (Wildman–Crippen MR) is 116 cm³/mol. The van der Waals surface area contributed by atoms with E-state index in [9.17, 15) is 4.57 Å². The Morgan fingerprint density at radius 2 is 1.71 bits per heavy atom. The zero-order valence-corrected chi connectivity index (χ0v) is 17.1. The molecule has 1 unspecified atom stereocenters. The summed E-state index contributed by atoms with van der Waals surface area (Å²) in [6.45, 7) is 6.54. The summed E-state index contributed by atoms with van der Waals surface area (Å²) in [6, 6.07) is 21.0. The molecule has 0 saturated carbocycles. The van der Waals surface area contributed by atoms with Crippen molar-refractivity contribution in [2.75, 3.05) is 5.09 Å². The fraction of sp³-hybridized carbons (Fsp3) is 0.174. The van der Waals surface area contributed by atoms with Crippen LogP contribution in [0, 0.1) is 0 Å². The lowest BCUT2D eigenvalue weighted by atomic mass is 9.86. The van der Waals surface area contributed by atoms with Crippen LogP contribution in [0.25, 0.3) is 11.4 Å². The van der Waals surface area contributed by atoms with E-state index in [0.717, 1.165) is 11.3 Å². The molecule has 28 heavy (non-hydrogen) atoms. The number of hydrogen-bond acceptors (Lipinski definition) is 3. The third-order valence-corrected chi connectivity index (χ3v) is 6.69. The van der Waals surface area contributed by atoms with Crippen LogP contribution in [-0.2, 0) is 9.98 Å². The molecule has 0 amide bonds. The minimum absolute atomic E-state index is 0.0235. The van der Waals surface area contributed by atoms with Crippen molar-refractivity contribution in [2.45, 2.75) is 26.2 Å². The van der Waals surface area contributed by atoms with Gasteiger partial charge in [-0.25, -0.2) is 4.57 Å². The van der Waals surface area contributed by atoms with Crippen LogP contribution < -0.4 is 9.61 Å². The van der Waals surface area contributed by atoms with Gasteiger partial charge in [-0.1, -0.05) is 51.1 Å². The van der Waals surface area contributed by atoms with Crippen LogP contribution in [0.4, 0.5) is 5.69 Å². The average molecular weight is 390 g/mol. The summed E-state index contributed by atoms with van der Waals surface area (Å²) < 4.78 is 19.9. The fourth-order valence-electron chi connectivity index (χ4n) is 3.14. The van der Waals surface area contributed by atoms with Gasteiger partial charge in [0.1, 0.15) is 5.75 Å². The second kappa shape index (κ2) is 6.96. The first-order valence-corrected chi connectivity index (χ1v) is 10.9. The summed E-state index contributed by atoms with van der Waals surface area (Å²) >= 11 is 0. The third kappa shape index (κ3) is 3.61. The number of para-hydroxylation sites is 1. The molecule has 5 heteroatoms. The van der Waals surface area contributed by atoms with Crippen molar-refractivity contribution in [3.63, 3.8) is 0 Å². The topological polar surface area (TPSA) is 51.2 Å². The maximum Gasteiger partial charge on any atom is 0.373 e. The predicted octanol–water partition coefficient (Wildman–Crippen LogP) is 6.57. The summed E-state index contributed by atoms with van der Waals surface area (Å²) in [4.78, 5) is 4.42. The van der Waals surface area contributed by atoms with Crippen LogP contribution >= 0.6 is 7.52 Å². The average Bonchev–Trinajstić information content (AvgIpc) is 2.67. The van der Waals surface area contributed by atoms with Gasteiger partial charge in [0, 0.05) is 11.9 Å². The lowest BCUT2D eigenvalue weighted by molar-refractivity contribution is 0.498. The Kier molecular flexibility index (Phi) is 4.60. The van der Waals surface area contributed by atoms with Crippen molar-refractivity contribution in [3.05, 3.63) is 89.7 Å². The highest BCUT2D eigenvalue weighted by molar-refractivity contribution is 7.72. The summed E-state index contributed by atoms with van der Waals surface area (Å²) in [5.74, 6) is 0.551. The van der Waals surface area contributed by atoms with Gasteiger partial charge in [-0.05, 0) is 59.0 Å². The Morgan fingerprint density at radius 3 is 2.39 bits per heavy atom. The highest BCUT2D eigenvalue weighted by atomic mass is 31.2. The number of benzene rings is 2. The highest BCUT2D eigenvalue weighted by Gasteiger charge is 2.36. The molecule has 4 rings (SSSR count). The molecule has 2 aromatic carbocycles. The molecule has 0 spiro atoms. The van der Waals surface area contributed by atoms with Gasteiger partial charge < -0.3 is 9.61 Å². The van der Waals surface area contributed by atoms with Gasteiger partial charge in [0.15, 0.2) is 0 Å². The Bertz CT molecular complexity index is 1070. The molecule has 0 radical (unpaired) electrons. The number of aromatic nitrogens is 1. The van der Waals surface area contributed by atoms with Crippen molar-refractivity contribution >= 4 is 24.6 Å². The molecule has 0 fully saturated rings. The normalized spacial score (nSPS) is 18.6. The quantitative estimate of drug-likeness (QED) is 0.514. The van der Waals surface area contributed by atoms with E-state index in [4.69, 9.17) is 4.52 Å². The van der Waals surface area contributed by atoms with E-state index in [0.29, 0.717) is 16.8 Å². The molecule has 2 heterocycles. The zero-order chi connectivity index (χ0) is 19.8. The second-order valence-electron chi connectivity index (χ2n) is 7.86. The molecule has 1 aliphatic rings. The minimum Gasteiger partial charge on any atom is -0.426 e. The molecule has 1 atom stereocenters. The lowest BCUT2D eigenvalue weighted by Gasteiger charge is -2.29. The first-order chi connectivity index (χ1) is 13.4. The molecule has 1 aromatic heterocycles. The van der Waals surface area contributed by atoms with Gasteiger partial charge in [-0.15, -0.1) is 0 Å². The molecule has 4 nitrogen and oxygen atoms in total. The Hall–Kier alpha value is -2.84. The van der Waals surface area contributed by atoms with E-state index in [-0.39, 0.29) is 5.41 Å². The molecule has 1 aliphatic heterocycles. The number of pyridine rings is 1. The molecule has 3 aromatic rings. The van der Waals surface area contributed by atoms with E-state index < -0.39 is 7.52 Å². The van der Waals surface area contributed by atoms with Crippen molar-refractivity contribution < 1.29 is 9.09 Å². The van der Waals surface area contributed by atoms with Gasteiger partial charge in [0.05, 0.1) is 11.0 Å². The van der Waals surface area contributed by atoms with E-state index in [1.807, 2.05) is 48.5 Å². The molecule has 142 valence electrons. The van der Waals surface area contributed by atoms with Crippen molar-refractivity contribution in [1.29, 1.82) is 0 Å². The standard InChI is InChI=1S/C23H23N2O2P/c1-23(2,3)18-12-13-20-17(15-18)16-22(21-11-7-8-14-24-21)28(26,25-20)27-19-9-5-4-6-10-19/h4-16H,1-3H3,(H,25,26). The number of hydrogen-bond donors (Lipinski definition) is 1. The molecular formula is C23H23N2O2P. The van der Waals surface area contributed by atoms with Gasteiger partial charge >= 0.3 is 7.52 Å². The smallest absolute Gasteiger partial charge is 0.373 e. The molecular weight excluding hydrogens is 367 g/mol. The molecule has 0 saturated heterocycles. The SMILES string of the molecule is CC(C)(C)c1ccc2c(c1)C=C(c1ccccn1)P(=O)(Oc1ccccc1)N2. The number of anilines is 1. The van der Waals surface area contributed by atoms with E-state index in [1.54, 1.807) is 18.3 Å². The maximum absolute atomic E-state index is 13.9. The number of rotatable bonds is 3. The van der Waals surface area contributed by atoms with E-state index in [1.165, 1.54) is 5.56 Å².